The minimum absolute atomic E-state index is 0.262. The van der Waals surface area contributed by atoms with E-state index in [0.717, 1.165) is 0 Å². The third kappa shape index (κ3) is 2.18. The van der Waals surface area contributed by atoms with Crippen LogP contribution < -0.4 is 0 Å². The van der Waals surface area contributed by atoms with E-state index in [1.54, 1.807) is 0 Å². The molecule has 1 aliphatic rings. The Morgan fingerprint density at radius 2 is 1.44 bits per heavy atom. The van der Waals surface area contributed by atoms with Crippen LogP contribution in [0.25, 0.3) is 0 Å². The van der Waals surface area contributed by atoms with Gasteiger partial charge in [-0.05, 0) is 0 Å². The first-order valence-corrected chi connectivity index (χ1v) is 4.71. The highest BCUT2D eigenvalue weighted by Crippen LogP contribution is 2.48. The Morgan fingerprint density at radius 3 is 1.78 bits per heavy atom. The van der Waals surface area contributed by atoms with E-state index in [2.05, 4.69) is 4.74 Å². The molecular formula is C8H8F7NO2. The summed E-state index contributed by atoms with van der Waals surface area (Å²) in [6.07, 6.45) is -6.36. The van der Waals surface area contributed by atoms with E-state index in [1.807, 2.05) is 0 Å². The van der Waals surface area contributed by atoms with Gasteiger partial charge in [0.1, 0.15) is 0 Å². The maximum absolute atomic E-state index is 13.4. The van der Waals surface area contributed by atoms with Crippen LogP contribution in [0.3, 0.4) is 0 Å². The summed E-state index contributed by atoms with van der Waals surface area (Å²) in [6, 6.07) is -9.10. The number of alkyl halides is 6. The molecule has 0 radical (unpaired) electrons. The second-order valence-electron chi connectivity index (χ2n) is 3.57. The molecule has 10 heteroatoms. The summed E-state index contributed by atoms with van der Waals surface area (Å²) in [6.45, 7) is -2.24. The van der Waals surface area contributed by atoms with Crippen molar-refractivity contribution in [3.63, 3.8) is 0 Å². The van der Waals surface area contributed by atoms with Crippen molar-refractivity contribution < 1.29 is 40.3 Å². The minimum Gasteiger partial charge on any atom is -0.379 e. The molecule has 18 heavy (non-hydrogen) atoms. The molecule has 0 spiro atoms. The van der Waals surface area contributed by atoms with E-state index >= 15 is 0 Å². The number of hydrogen-bond donors (Lipinski definition) is 0. The molecule has 0 N–H and O–H groups in total. The quantitative estimate of drug-likeness (QED) is 0.448. The molecule has 1 heterocycles. The molecule has 1 saturated heterocycles. The molecule has 0 aromatic heterocycles. The molecule has 0 aliphatic carbocycles. The van der Waals surface area contributed by atoms with Crippen LogP contribution in [0, 0.1) is 0 Å². The first-order chi connectivity index (χ1) is 8.05. The number of carbonyl (C=O) groups excluding carboxylic acids is 1. The second-order valence-corrected chi connectivity index (χ2v) is 3.57. The third-order valence-electron chi connectivity index (χ3n) is 2.48. The molecule has 1 atom stereocenters. The molecule has 3 nitrogen and oxygen atoms in total. The van der Waals surface area contributed by atoms with Crippen molar-refractivity contribution in [3.05, 3.63) is 0 Å². The predicted octanol–water partition coefficient (Wildman–Crippen LogP) is 1.68. The number of rotatable bonds is 3. The van der Waals surface area contributed by atoms with E-state index in [9.17, 15) is 35.5 Å². The van der Waals surface area contributed by atoms with E-state index < -0.39 is 37.0 Å². The Hall–Kier alpha value is -0.900. The molecule has 1 fully saturated rings. The highest BCUT2D eigenvalue weighted by atomic mass is 19.4. The predicted molar refractivity (Wildman–Crippen MR) is 43.3 cm³/mol. The Balaban J connectivity index is 3.15. The third-order valence-corrected chi connectivity index (χ3v) is 2.48. The molecule has 0 aromatic carbocycles. The van der Waals surface area contributed by atoms with Gasteiger partial charge in [-0.3, -0.25) is 4.79 Å². The van der Waals surface area contributed by atoms with E-state index in [-0.39, 0.29) is 18.1 Å². The smallest absolute Gasteiger partial charge is 0.379 e. The molecule has 1 unspecified atom stereocenters. The van der Waals surface area contributed by atoms with Crippen molar-refractivity contribution in [1.29, 1.82) is 0 Å². The highest BCUT2D eigenvalue weighted by Gasteiger charge is 2.78. The average Bonchev–Trinajstić information content (AvgIpc) is 2.27. The standard InChI is InChI=1S/C8H8F7NO2/c9-5(17)6(10,7(11,12)13)8(14,15)16-1-3-18-4-2-16/h1-4H2. The van der Waals surface area contributed by atoms with Gasteiger partial charge in [0, 0.05) is 13.1 Å². The number of hydrogen-bond acceptors (Lipinski definition) is 3. The Bertz CT molecular complexity index is 326. The summed E-state index contributed by atoms with van der Waals surface area (Å²) in [7, 11) is 0. The summed E-state index contributed by atoms with van der Waals surface area (Å²) in [5.41, 5.74) is -5.88. The normalized spacial score (nSPS) is 22.6. The molecule has 0 saturated carbocycles. The van der Waals surface area contributed by atoms with Crippen molar-refractivity contribution in [2.24, 2.45) is 0 Å². The fourth-order valence-corrected chi connectivity index (χ4v) is 1.46. The van der Waals surface area contributed by atoms with Crippen molar-refractivity contribution in [3.8, 4) is 0 Å². The Labute approximate surface area is 96.5 Å². The monoisotopic (exact) mass is 283 g/mol. The van der Waals surface area contributed by atoms with Gasteiger partial charge in [0.05, 0.1) is 13.2 Å². The topological polar surface area (TPSA) is 29.5 Å². The average molecular weight is 283 g/mol. The summed E-state index contributed by atoms with van der Waals surface area (Å²) in [4.78, 5) is 9.84. The van der Waals surface area contributed by atoms with Gasteiger partial charge in [-0.25, -0.2) is 9.29 Å². The van der Waals surface area contributed by atoms with Crippen molar-refractivity contribution in [1.82, 2.24) is 4.90 Å². The van der Waals surface area contributed by atoms with Gasteiger partial charge in [-0.2, -0.15) is 26.3 Å². The van der Waals surface area contributed by atoms with Crippen LogP contribution in [0.4, 0.5) is 30.7 Å². The fraction of sp³-hybridized carbons (Fsp3) is 0.875. The van der Waals surface area contributed by atoms with Crippen molar-refractivity contribution >= 4 is 6.04 Å². The highest BCUT2D eigenvalue weighted by molar-refractivity contribution is 5.80. The lowest BCUT2D eigenvalue weighted by atomic mass is 10.0. The van der Waals surface area contributed by atoms with Gasteiger partial charge < -0.3 is 4.74 Å². The molecule has 106 valence electrons. The first kappa shape index (κ1) is 15.2. The Morgan fingerprint density at radius 1 is 1.00 bits per heavy atom. The zero-order chi connectivity index (χ0) is 14.2. The van der Waals surface area contributed by atoms with E-state index in [0.29, 0.717) is 0 Å². The molecule has 1 aliphatic heterocycles. The molecule has 1 rings (SSSR count). The van der Waals surface area contributed by atoms with Gasteiger partial charge in [-0.15, -0.1) is 0 Å². The number of halogens is 7. The summed E-state index contributed by atoms with van der Waals surface area (Å²) < 4.78 is 93.7. The van der Waals surface area contributed by atoms with Crippen molar-refractivity contribution in [2.45, 2.75) is 17.9 Å². The maximum Gasteiger partial charge on any atom is 0.440 e. The van der Waals surface area contributed by atoms with Gasteiger partial charge in [-0.1, -0.05) is 0 Å². The maximum atomic E-state index is 13.4. The number of nitrogens with zero attached hydrogens (tertiary/aromatic N) is 1. The summed E-state index contributed by atoms with van der Waals surface area (Å²) in [5.74, 6) is 0. The van der Waals surface area contributed by atoms with Gasteiger partial charge >= 0.3 is 23.9 Å². The minimum atomic E-state index is -6.36. The number of ether oxygens (including phenoxy) is 1. The molecular weight excluding hydrogens is 275 g/mol. The van der Waals surface area contributed by atoms with Crippen molar-refractivity contribution in [2.75, 3.05) is 26.3 Å². The van der Waals surface area contributed by atoms with Crippen LogP contribution in [-0.2, 0) is 9.53 Å². The van der Waals surface area contributed by atoms with Crippen LogP contribution in [0.2, 0.25) is 0 Å². The van der Waals surface area contributed by atoms with Gasteiger partial charge in [0.15, 0.2) is 0 Å². The first-order valence-electron chi connectivity index (χ1n) is 4.71. The molecule has 0 bridgehead atoms. The second kappa shape index (κ2) is 4.65. The van der Waals surface area contributed by atoms with Crippen LogP contribution >= 0.6 is 0 Å². The summed E-state index contributed by atoms with van der Waals surface area (Å²) >= 11 is 0. The van der Waals surface area contributed by atoms with E-state index in [4.69, 9.17) is 0 Å². The van der Waals surface area contributed by atoms with Crippen LogP contribution in [0.15, 0.2) is 0 Å². The van der Waals surface area contributed by atoms with Crippen LogP contribution in [-0.4, -0.2) is 55.1 Å². The summed E-state index contributed by atoms with van der Waals surface area (Å²) in [5, 5.41) is 0. The molecule has 0 aromatic rings. The van der Waals surface area contributed by atoms with Crippen LogP contribution in [0.1, 0.15) is 0 Å². The van der Waals surface area contributed by atoms with Gasteiger partial charge in [0.2, 0.25) is 0 Å². The van der Waals surface area contributed by atoms with E-state index in [1.165, 1.54) is 0 Å². The lowest BCUT2D eigenvalue weighted by Crippen LogP contribution is -2.67. The molecule has 0 amide bonds. The lowest BCUT2D eigenvalue weighted by molar-refractivity contribution is -0.334. The van der Waals surface area contributed by atoms with Crippen LogP contribution in [0.5, 0.6) is 0 Å². The lowest BCUT2D eigenvalue weighted by Gasteiger charge is -2.40. The Kier molecular flexibility index (Phi) is 3.92. The zero-order valence-electron chi connectivity index (χ0n) is 8.74. The number of morpholine rings is 1. The zero-order valence-corrected chi connectivity index (χ0v) is 8.74. The fourth-order valence-electron chi connectivity index (χ4n) is 1.46. The SMILES string of the molecule is O=C(F)C(F)(C(F)(F)F)C(F)(F)N1CCOCC1. The largest absolute Gasteiger partial charge is 0.440 e. The number of carbonyl (C=O) groups is 1. The van der Waals surface area contributed by atoms with Gasteiger partial charge in [0.25, 0.3) is 0 Å².